The van der Waals surface area contributed by atoms with Crippen LogP contribution in [0.4, 0.5) is 23.1 Å². The number of aryl methyl sites for hydroxylation is 2. The van der Waals surface area contributed by atoms with Gasteiger partial charge in [0, 0.05) is 5.69 Å². The first-order valence-corrected chi connectivity index (χ1v) is 6.16. The van der Waals surface area contributed by atoms with E-state index in [9.17, 15) is 10.1 Å². The van der Waals surface area contributed by atoms with E-state index in [0.717, 1.165) is 11.3 Å². The molecule has 0 unspecified atom stereocenters. The molecule has 7 heteroatoms. The Morgan fingerprint density at radius 2 is 2.05 bits per heavy atom. The Morgan fingerprint density at radius 3 is 2.65 bits per heavy atom. The number of hydrogen-bond donors (Lipinski definition) is 2. The summed E-state index contributed by atoms with van der Waals surface area (Å²) in [5.74, 6) is 0.136. The summed E-state index contributed by atoms with van der Waals surface area (Å²) in [4.78, 5) is 18.5. The molecule has 0 fully saturated rings. The topological polar surface area (TPSA) is 107 Å². The molecular formula is C13H15N5O2. The van der Waals surface area contributed by atoms with Crippen molar-refractivity contribution in [3.8, 4) is 0 Å². The van der Waals surface area contributed by atoms with Gasteiger partial charge in [-0.2, -0.15) is 4.98 Å². The fourth-order valence-corrected chi connectivity index (χ4v) is 1.86. The molecule has 3 N–H and O–H groups in total. The van der Waals surface area contributed by atoms with E-state index < -0.39 is 4.92 Å². The van der Waals surface area contributed by atoms with Gasteiger partial charge in [-0.25, -0.2) is 4.98 Å². The lowest BCUT2D eigenvalue weighted by atomic mass is 10.2. The van der Waals surface area contributed by atoms with E-state index in [1.807, 2.05) is 31.2 Å². The number of nitrogens with zero attached hydrogens (tertiary/aromatic N) is 3. The molecule has 0 atom stereocenters. The third kappa shape index (κ3) is 2.66. The quantitative estimate of drug-likeness (QED) is 0.655. The summed E-state index contributed by atoms with van der Waals surface area (Å²) in [5.41, 5.74) is 7.61. The molecule has 0 saturated carbocycles. The minimum atomic E-state index is -0.550. The predicted octanol–water partition coefficient (Wildman–Crippen LogP) is 2.58. The largest absolute Gasteiger partial charge is 0.378 e. The average molecular weight is 273 g/mol. The van der Waals surface area contributed by atoms with Crippen molar-refractivity contribution in [1.29, 1.82) is 0 Å². The van der Waals surface area contributed by atoms with E-state index in [0.29, 0.717) is 12.1 Å². The average Bonchev–Trinajstić information content (AvgIpc) is 2.40. The molecule has 0 saturated heterocycles. The van der Waals surface area contributed by atoms with E-state index >= 15 is 0 Å². The summed E-state index contributed by atoms with van der Waals surface area (Å²) in [6, 6.07) is 7.62. The van der Waals surface area contributed by atoms with Crippen LogP contribution in [0.3, 0.4) is 0 Å². The number of benzene rings is 1. The van der Waals surface area contributed by atoms with Gasteiger partial charge in [0.1, 0.15) is 5.69 Å². The Hall–Kier alpha value is -2.70. The number of para-hydroxylation sites is 1. The lowest BCUT2D eigenvalue weighted by Crippen LogP contribution is -2.08. The normalized spacial score (nSPS) is 10.3. The first-order chi connectivity index (χ1) is 9.52. The second-order valence-electron chi connectivity index (χ2n) is 4.28. The van der Waals surface area contributed by atoms with Crippen molar-refractivity contribution in [1.82, 2.24) is 9.97 Å². The lowest BCUT2D eigenvalue weighted by molar-refractivity contribution is -0.385. The summed E-state index contributed by atoms with van der Waals surface area (Å²) in [5, 5.41) is 14.0. The molecule has 2 rings (SSSR count). The molecule has 0 spiro atoms. The van der Waals surface area contributed by atoms with Crippen molar-refractivity contribution in [3.63, 3.8) is 0 Å². The zero-order chi connectivity index (χ0) is 14.7. The molecule has 2 aromatic rings. The number of anilines is 3. The van der Waals surface area contributed by atoms with Crippen LogP contribution < -0.4 is 11.1 Å². The Morgan fingerprint density at radius 1 is 1.35 bits per heavy atom. The summed E-state index contributed by atoms with van der Waals surface area (Å²) in [6.07, 6.45) is 0.408. The van der Waals surface area contributed by atoms with Gasteiger partial charge in [-0.15, -0.1) is 0 Å². The van der Waals surface area contributed by atoms with Crippen molar-refractivity contribution in [3.05, 3.63) is 45.6 Å². The van der Waals surface area contributed by atoms with E-state index in [1.165, 1.54) is 0 Å². The van der Waals surface area contributed by atoms with Gasteiger partial charge in [-0.1, -0.05) is 25.1 Å². The molecule has 104 valence electrons. The SMILES string of the molecule is CCc1nc(Nc2ccccc2C)nc(N)c1[N+](=O)[O-]. The molecule has 1 heterocycles. The summed E-state index contributed by atoms with van der Waals surface area (Å²) >= 11 is 0. The van der Waals surface area contributed by atoms with Crippen molar-refractivity contribution in [2.45, 2.75) is 20.3 Å². The van der Waals surface area contributed by atoms with E-state index in [2.05, 4.69) is 15.3 Å². The molecular weight excluding hydrogens is 258 g/mol. The molecule has 1 aromatic carbocycles. The molecule has 0 radical (unpaired) electrons. The van der Waals surface area contributed by atoms with Crippen LogP contribution in [0.5, 0.6) is 0 Å². The van der Waals surface area contributed by atoms with Crippen LogP contribution >= 0.6 is 0 Å². The van der Waals surface area contributed by atoms with Crippen LogP contribution in [-0.4, -0.2) is 14.9 Å². The number of nitrogens with one attached hydrogen (secondary N) is 1. The summed E-state index contributed by atoms with van der Waals surface area (Å²) in [7, 11) is 0. The predicted molar refractivity (Wildman–Crippen MR) is 76.9 cm³/mol. The van der Waals surface area contributed by atoms with Crippen LogP contribution in [0, 0.1) is 17.0 Å². The van der Waals surface area contributed by atoms with Crippen molar-refractivity contribution >= 4 is 23.1 Å². The van der Waals surface area contributed by atoms with Crippen LogP contribution in [-0.2, 0) is 6.42 Å². The number of aromatic nitrogens is 2. The molecule has 20 heavy (non-hydrogen) atoms. The van der Waals surface area contributed by atoms with E-state index in [4.69, 9.17) is 5.73 Å². The van der Waals surface area contributed by atoms with Crippen molar-refractivity contribution in [2.24, 2.45) is 0 Å². The number of nitrogen functional groups attached to an aromatic ring is 1. The van der Waals surface area contributed by atoms with Crippen molar-refractivity contribution in [2.75, 3.05) is 11.1 Å². The van der Waals surface area contributed by atoms with Crippen LogP contribution in [0.25, 0.3) is 0 Å². The molecule has 0 bridgehead atoms. The van der Waals surface area contributed by atoms with E-state index in [1.54, 1.807) is 6.92 Å². The maximum Gasteiger partial charge on any atom is 0.332 e. The second-order valence-corrected chi connectivity index (χ2v) is 4.28. The van der Waals surface area contributed by atoms with Gasteiger partial charge in [-0.05, 0) is 25.0 Å². The van der Waals surface area contributed by atoms with Gasteiger partial charge < -0.3 is 11.1 Å². The zero-order valence-corrected chi connectivity index (χ0v) is 11.3. The number of hydrogen-bond acceptors (Lipinski definition) is 6. The van der Waals surface area contributed by atoms with Crippen LogP contribution in [0.15, 0.2) is 24.3 Å². The first-order valence-electron chi connectivity index (χ1n) is 6.16. The van der Waals surface area contributed by atoms with Crippen LogP contribution in [0.2, 0.25) is 0 Å². The fraction of sp³-hybridized carbons (Fsp3) is 0.231. The molecule has 1 aromatic heterocycles. The highest BCUT2D eigenvalue weighted by molar-refractivity contribution is 5.63. The number of nitrogens with two attached hydrogens (primary N) is 1. The highest BCUT2D eigenvalue weighted by Gasteiger charge is 2.21. The van der Waals surface area contributed by atoms with E-state index in [-0.39, 0.29) is 17.5 Å². The third-order valence-electron chi connectivity index (χ3n) is 2.89. The molecule has 0 aliphatic rings. The molecule has 0 aliphatic carbocycles. The number of rotatable bonds is 4. The molecule has 0 aliphatic heterocycles. The Bertz CT molecular complexity index is 657. The standard InChI is InChI=1S/C13H15N5O2/c1-3-9-11(18(19)20)12(14)17-13(15-9)16-10-7-5-4-6-8(10)2/h4-7H,3H2,1-2H3,(H3,14,15,16,17). The Kier molecular flexibility index (Phi) is 3.79. The highest BCUT2D eigenvalue weighted by Crippen LogP contribution is 2.26. The van der Waals surface area contributed by atoms with Gasteiger partial charge in [0.15, 0.2) is 0 Å². The minimum absolute atomic E-state index is 0.127. The zero-order valence-electron chi connectivity index (χ0n) is 11.3. The fourth-order valence-electron chi connectivity index (χ4n) is 1.86. The molecule has 0 amide bonds. The smallest absolute Gasteiger partial charge is 0.332 e. The summed E-state index contributed by atoms with van der Waals surface area (Å²) in [6.45, 7) is 3.73. The maximum absolute atomic E-state index is 11.0. The first kappa shape index (κ1) is 13.7. The van der Waals surface area contributed by atoms with Gasteiger partial charge in [0.2, 0.25) is 11.8 Å². The lowest BCUT2D eigenvalue weighted by Gasteiger charge is -2.09. The van der Waals surface area contributed by atoms with Gasteiger partial charge >= 0.3 is 5.69 Å². The second kappa shape index (κ2) is 5.52. The maximum atomic E-state index is 11.0. The molecule has 7 nitrogen and oxygen atoms in total. The van der Waals surface area contributed by atoms with Gasteiger partial charge in [0.05, 0.1) is 4.92 Å². The Labute approximate surface area is 116 Å². The van der Waals surface area contributed by atoms with Gasteiger partial charge in [-0.3, -0.25) is 10.1 Å². The number of nitro groups is 1. The van der Waals surface area contributed by atoms with Crippen molar-refractivity contribution < 1.29 is 4.92 Å². The minimum Gasteiger partial charge on any atom is -0.378 e. The third-order valence-corrected chi connectivity index (χ3v) is 2.89. The van der Waals surface area contributed by atoms with Crippen LogP contribution in [0.1, 0.15) is 18.2 Å². The van der Waals surface area contributed by atoms with Gasteiger partial charge in [0.25, 0.3) is 0 Å². The monoisotopic (exact) mass is 273 g/mol. The Balaban J connectivity index is 2.42. The highest BCUT2D eigenvalue weighted by atomic mass is 16.6. The summed E-state index contributed by atoms with van der Waals surface area (Å²) < 4.78 is 0.